The quantitative estimate of drug-likeness (QED) is 0.776. The van der Waals surface area contributed by atoms with Crippen molar-refractivity contribution in [3.05, 3.63) is 0 Å². The van der Waals surface area contributed by atoms with Crippen molar-refractivity contribution < 1.29 is 4.79 Å². The number of rotatable bonds is 2. The van der Waals surface area contributed by atoms with Crippen LogP contribution in [0.5, 0.6) is 0 Å². The summed E-state index contributed by atoms with van der Waals surface area (Å²) in [6.07, 6.45) is 9.88. The second-order valence-corrected chi connectivity index (χ2v) is 6.33. The number of carbonyl (C=O) groups excluding carboxylic acids is 1. The summed E-state index contributed by atoms with van der Waals surface area (Å²) in [7, 11) is 0. The molecule has 3 nitrogen and oxygen atoms in total. The first-order valence-electron chi connectivity index (χ1n) is 7.74. The smallest absolute Gasteiger partial charge is 0.315 e. The molecule has 0 aromatic carbocycles. The van der Waals surface area contributed by atoms with Crippen LogP contribution in [0.4, 0.5) is 4.79 Å². The van der Waals surface area contributed by atoms with E-state index in [2.05, 4.69) is 24.5 Å². The van der Waals surface area contributed by atoms with Crippen molar-refractivity contribution >= 4 is 6.03 Å². The van der Waals surface area contributed by atoms with Crippen LogP contribution in [0, 0.1) is 11.8 Å². The maximum atomic E-state index is 12.0. The van der Waals surface area contributed by atoms with E-state index in [0.29, 0.717) is 18.0 Å². The van der Waals surface area contributed by atoms with Gasteiger partial charge in [-0.3, -0.25) is 0 Å². The Kier molecular flexibility index (Phi) is 4.90. The molecule has 0 bridgehead atoms. The van der Waals surface area contributed by atoms with Crippen molar-refractivity contribution in [3.8, 4) is 0 Å². The molecule has 0 aromatic heterocycles. The number of carbonyl (C=O) groups is 1. The van der Waals surface area contributed by atoms with Gasteiger partial charge in [0.1, 0.15) is 0 Å². The molecule has 2 N–H and O–H groups in total. The molecule has 0 radical (unpaired) electrons. The Morgan fingerprint density at radius 2 is 1.61 bits per heavy atom. The zero-order valence-electron chi connectivity index (χ0n) is 11.9. The largest absolute Gasteiger partial charge is 0.335 e. The summed E-state index contributed by atoms with van der Waals surface area (Å²) in [5.41, 5.74) is 0. The van der Waals surface area contributed by atoms with Crippen LogP contribution in [-0.2, 0) is 0 Å². The summed E-state index contributed by atoms with van der Waals surface area (Å²) in [4.78, 5) is 12.0. The lowest BCUT2D eigenvalue weighted by atomic mass is 9.78. The number of hydrogen-bond acceptors (Lipinski definition) is 1. The van der Waals surface area contributed by atoms with E-state index in [1.54, 1.807) is 0 Å². The molecule has 0 saturated heterocycles. The minimum absolute atomic E-state index is 0.0628. The molecule has 0 aliphatic heterocycles. The topological polar surface area (TPSA) is 41.1 Å². The molecule has 3 atom stereocenters. The van der Waals surface area contributed by atoms with E-state index >= 15 is 0 Å². The second kappa shape index (κ2) is 6.44. The van der Waals surface area contributed by atoms with Gasteiger partial charge in [0.25, 0.3) is 0 Å². The molecular weight excluding hydrogens is 224 g/mol. The molecule has 2 aliphatic carbocycles. The van der Waals surface area contributed by atoms with Crippen LogP contribution in [0.3, 0.4) is 0 Å². The number of urea groups is 1. The van der Waals surface area contributed by atoms with E-state index in [4.69, 9.17) is 0 Å². The van der Waals surface area contributed by atoms with Gasteiger partial charge < -0.3 is 10.6 Å². The number of nitrogens with one attached hydrogen (secondary N) is 2. The van der Waals surface area contributed by atoms with Crippen molar-refractivity contribution in [1.82, 2.24) is 10.6 Å². The van der Waals surface area contributed by atoms with Crippen molar-refractivity contribution in [3.63, 3.8) is 0 Å². The fourth-order valence-electron chi connectivity index (χ4n) is 3.43. The van der Waals surface area contributed by atoms with Crippen LogP contribution < -0.4 is 10.6 Å². The predicted octanol–water partition coefficient (Wildman–Crippen LogP) is 3.44. The summed E-state index contributed by atoms with van der Waals surface area (Å²) in [5, 5.41) is 6.35. The lowest BCUT2D eigenvalue weighted by Gasteiger charge is -2.35. The van der Waals surface area contributed by atoms with E-state index < -0.39 is 0 Å². The van der Waals surface area contributed by atoms with Crippen molar-refractivity contribution in [2.75, 3.05) is 0 Å². The first-order valence-corrected chi connectivity index (χ1v) is 7.74. The van der Waals surface area contributed by atoms with Crippen molar-refractivity contribution in [2.24, 2.45) is 11.8 Å². The molecule has 2 amide bonds. The molecule has 18 heavy (non-hydrogen) atoms. The van der Waals surface area contributed by atoms with Gasteiger partial charge in [-0.05, 0) is 31.1 Å². The summed E-state index contributed by atoms with van der Waals surface area (Å²) in [6, 6.07) is 0.847. The molecule has 3 heteroatoms. The third-order valence-electron chi connectivity index (χ3n) is 4.96. The Hall–Kier alpha value is -0.730. The lowest BCUT2D eigenvalue weighted by Crippen LogP contribution is -2.50. The third-order valence-corrected chi connectivity index (χ3v) is 4.96. The van der Waals surface area contributed by atoms with Gasteiger partial charge in [0.2, 0.25) is 0 Å². The first-order chi connectivity index (χ1) is 8.66. The van der Waals surface area contributed by atoms with Crippen LogP contribution in [0.1, 0.15) is 65.2 Å². The van der Waals surface area contributed by atoms with Gasteiger partial charge in [0.15, 0.2) is 0 Å². The Bertz CT molecular complexity index is 274. The molecule has 104 valence electrons. The minimum Gasteiger partial charge on any atom is -0.335 e. The Balaban J connectivity index is 1.75. The summed E-state index contributed by atoms with van der Waals surface area (Å²) in [6.45, 7) is 4.58. The maximum Gasteiger partial charge on any atom is 0.315 e. The van der Waals surface area contributed by atoms with E-state index in [1.165, 1.54) is 32.1 Å². The predicted molar refractivity (Wildman–Crippen MR) is 74.5 cm³/mol. The van der Waals surface area contributed by atoms with Gasteiger partial charge in [-0.25, -0.2) is 4.79 Å². The van der Waals surface area contributed by atoms with Crippen LogP contribution in [0.25, 0.3) is 0 Å². The van der Waals surface area contributed by atoms with Crippen LogP contribution in [0.2, 0.25) is 0 Å². The van der Waals surface area contributed by atoms with Gasteiger partial charge in [-0.2, -0.15) is 0 Å². The lowest BCUT2D eigenvalue weighted by molar-refractivity contribution is 0.191. The van der Waals surface area contributed by atoms with Gasteiger partial charge in [-0.1, -0.05) is 46.0 Å². The van der Waals surface area contributed by atoms with Gasteiger partial charge in [-0.15, -0.1) is 0 Å². The molecule has 2 saturated carbocycles. The van der Waals surface area contributed by atoms with E-state index in [-0.39, 0.29) is 6.03 Å². The highest BCUT2D eigenvalue weighted by molar-refractivity contribution is 5.74. The maximum absolute atomic E-state index is 12.0. The zero-order chi connectivity index (χ0) is 13.0. The van der Waals surface area contributed by atoms with Gasteiger partial charge in [0.05, 0.1) is 0 Å². The Morgan fingerprint density at radius 1 is 0.889 bits per heavy atom. The average molecular weight is 252 g/mol. The summed E-state index contributed by atoms with van der Waals surface area (Å²) >= 11 is 0. The average Bonchev–Trinajstić information content (AvgIpc) is 2.36. The normalized spacial score (nSPS) is 34.0. The zero-order valence-corrected chi connectivity index (χ0v) is 11.9. The van der Waals surface area contributed by atoms with Crippen LogP contribution in [-0.4, -0.2) is 18.1 Å². The minimum atomic E-state index is 0.0628. The van der Waals surface area contributed by atoms with E-state index in [0.717, 1.165) is 25.2 Å². The highest BCUT2D eigenvalue weighted by atomic mass is 16.2. The molecule has 0 spiro atoms. The summed E-state index contributed by atoms with van der Waals surface area (Å²) in [5.74, 6) is 1.34. The third kappa shape index (κ3) is 3.63. The Labute approximate surface area is 111 Å². The number of amides is 2. The molecule has 0 aromatic rings. The Morgan fingerprint density at radius 3 is 2.33 bits per heavy atom. The standard InChI is InChI=1S/C15H28N2O/c1-11-7-6-10-14(12(11)2)17-15(18)16-13-8-4-3-5-9-13/h11-14H,3-10H2,1-2H3,(H2,16,17,18)/t11-,12+,14-/m0/s1. The molecule has 0 heterocycles. The van der Waals surface area contributed by atoms with Crippen LogP contribution >= 0.6 is 0 Å². The summed E-state index contributed by atoms with van der Waals surface area (Å²) < 4.78 is 0. The van der Waals surface area contributed by atoms with Gasteiger partial charge >= 0.3 is 6.03 Å². The van der Waals surface area contributed by atoms with Crippen molar-refractivity contribution in [2.45, 2.75) is 77.3 Å². The van der Waals surface area contributed by atoms with Crippen molar-refractivity contribution in [1.29, 1.82) is 0 Å². The van der Waals surface area contributed by atoms with Gasteiger partial charge in [0, 0.05) is 12.1 Å². The fraction of sp³-hybridized carbons (Fsp3) is 0.933. The highest BCUT2D eigenvalue weighted by Gasteiger charge is 2.28. The first kappa shape index (κ1) is 13.7. The van der Waals surface area contributed by atoms with Crippen LogP contribution in [0.15, 0.2) is 0 Å². The van der Waals surface area contributed by atoms with E-state index in [1.807, 2.05) is 0 Å². The molecule has 2 rings (SSSR count). The molecular formula is C15H28N2O. The van der Waals surface area contributed by atoms with E-state index in [9.17, 15) is 4.79 Å². The molecule has 2 aliphatic rings. The monoisotopic (exact) mass is 252 g/mol. The highest BCUT2D eigenvalue weighted by Crippen LogP contribution is 2.29. The number of hydrogen-bond donors (Lipinski definition) is 2. The SMILES string of the molecule is C[C@H]1[C@@H](NC(=O)NC2CCCCC2)CCC[C@@H]1C. The second-order valence-electron chi connectivity index (χ2n) is 6.33. The molecule has 0 unspecified atom stereocenters. The fourth-order valence-corrected chi connectivity index (χ4v) is 3.43. The molecule has 2 fully saturated rings.